The van der Waals surface area contributed by atoms with Gasteiger partial charge >= 0.3 is 11.9 Å². The monoisotopic (exact) mass is 672 g/mol. The second-order valence-corrected chi connectivity index (χ2v) is 10.9. The number of nitrogens with two attached hydrogens (primary N) is 1. The predicted molar refractivity (Wildman–Crippen MR) is 154 cm³/mol. The van der Waals surface area contributed by atoms with Crippen LogP contribution >= 0.6 is 31.9 Å². The van der Waals surface area contributed by atoms with Crippen LogP contribution in [0.1, 0.15) is 31.9 Å². The standard InChI is InChI=1S/C11H10BrNO3.C7H8BrN.C5H12O.C4H4O4/c1-7-4-8(2-3-9(7)12)13-10(14)5-16-6-11(13)15;1-5-4-6(9)2-3-7(5)8;1-5(2,3)6-4;5-3-1-7-2-4(6)8-3/h2-4H,5-6H2,1H3;2-4H,9H2,1H3;1-4H3;1-2H2. The zero-order valence-electron chi connectivity index (χ0n) is 22.8. The van der Waals surface area contributed by atoms with Crippen molar-refractivity contribution in [1.29, 1.82) is 0 Å². The molecule has 0 saturated carbocycles. The van der Waals surface area contributed by atoms with E-state index in [2.05, 4.69) is 41.3 Å². The predicted octanol–water partition coefficient (Wildman–Crippen LogP) is 4.50. The minimum absolute atomic E-state index is 0.0408. The fraction of sp³-hybridized carbons (Fsp3) is 0.407. The molecule has 2 aromatic rings. The summed E-state index contributed by atoms with van der Waals surface area (Å²) in [7, 11) is 1.71. The van der Waals surface area contributed by atoms with Crippen LogP contribution in [0.3, 0.4) is 0 Å². The Morgan fingerprint density at radius 3 is 1.59 bits per heavy atom. The van der Waals surface area contributed by atoms with Gasteiger partial charge in [-0.15, -0.1) is 0 Å². The highest BCUT2D eigenvalue weighted by Crippen LogP contribution is 2.24. The summed E-state index contributed by atoms with van der Waals surface area (Å²) in [4.78, 5) is 44.5. The number of carbonyl (C=O) groups is 4. The van der Waals surface area contributed by atoms with Gasteiger partial charge in [-0.25, -0.2) is 14.5 Å². The lowest BCUT2D eigenvalue weighted by Crippen LogP contribution is -2.46. The maximum absolute atomic E-state index is 11.6. The number of carbonyl (C=O) groups excluding carboxylic acids is 4. The number of hydrogen-bond acceptors (Lipinski definition) is 9. The van der Waals surface area contributed by atoms with Crippen LogP contribution in [0, 0.1) is 13.8 Å². The van der Waals surface area contributed by atoms with Crippen LogP contribution in [0.15, 0.2) is 45.3 Å². The summed E-state index contributed by atoms with van der Waals surface area (Å²) in [6.07, 6.45) is 0. The van der Waals surface area contributed by atoms with Crippen LogP contribution in [0.4, 0.5) is 11.4 Å². The highest BCUT2D eigenvalue weighted by Gasteiger charge is 2.28. The summed E-state index contributed by atoms with van der Waals surface area (Å²) < 4.78 is 20.4. The Morgan fingerprint density at radius 1 is 0.795 bits per heavy atom. The molecule has 0 atom stereocenters. The van der Waals surface area contributed by atoms with Crippen molar-refractivity contribution in [2.24, 2.45) is 0 Å². The van der Waals surface area contributed by atoms with E-state index in [0.29, 0.717) is 5.69 Å². The van der Waals surface area contributed by atoms with Crippen LogP contribution in [0.2, 0.25) is 0 Å². The first-order chi connectivity index (χ1) is 18.1. The molecule has 2 aliphatic rings. The Bertz CT molecular complexity index is 1130. The van der Waals surface area contributed by atoms with Crippen LogP contribution in [0.5, 0.6) is 0 Å². The van der Waals surface area contributed by atoms with Crippen molar-refractivity contribution >= 4 is 67.0 Å². The summed E-state index contributed by atoms with van der Waals surface area (Å²) >= 11 is 6.74. The van der Waals surface area contributed by atoms with Gasteiger partial charge in [-0.1, -0.05) is 31.9 Å². The molecule has 214 valence electrons. The summed E-state index contributed by atoms with van der Waals surface area (Å²) in [6, 6.07) is 11.1. The molecule has 0 bridgehead atoms. The Morgan fingerprint density at radius 2 is 1.23 bits per heavy atom. The number of cyclic esters (lactones) is 2. The highest BCUT2D eigenvalue weighted by atomic mass is 79.9. The lowest BCUT2D eigenvalue weighted by Gasteiger charge is -2.25. The first-order valence-corrected chi connectivity index (χ1v) is 13.3. The molecule has 2 N–H and O–H groups in total. The van der Waals surface area contributed by atoms with Gasteiger partial charge in [0.25, 0.3) is 11.8 Å². The number of aryl methyl sites for hydroxylation is 2. The number of esters is 2. The lowest BCUT2D eigenvalue weighted by atomic mass is 10.2. The number of nitrogen functional groups attached to an aromatic ring is 1. The Kier molecular flexibility index (Phi) is 14.5. The molecule has 2 heterocycles. The van der Waals surface area contributed by atoms with E-state index in [1.54, 1.807) is 19.2 Å². The molecule has 12 heteroatoms. The zero-order valence-corrected chi connectivity index (χ0v) is 26.0. The van der Waals surface area contributed by atoms with Gasteiger partial charge in [-0.3, -0.25) is 9.59 Å². The van der Waals surface area contributed by atoms with Crippen molar-refractivity contribution in [1.82, 2.24) is 0 Å². The number of nitrogens with zero attached hydrogens (tertiary/aromatic N) is 1. The number of morpholine rings is 1. The summed E-state index contributed by atoms with van der Waals surface area (Å²) in [6.45, 7) is 9.69. The van der Waals surface area contributed by atoms with Gasteiger partial charge in [0.2, 0.25) is 0 Å². The van der Waals surface area contributed by atoms with Gasteiger partial charge in [0.05, 0.1) is 11.3 Å². The number of anilines is 2. The van der Waals surface area contributed by atoms with E-state index in [4.69, 9.17) is 15.2 Å². The van der Waals surface area contributed by atoms with Gasteiger partial charge in [0.15, 0.2) is 0 Å². The SMILES string of the molecule is COC(C)(C)C.Cc1cc(N)ccc1Br.Cc1cc(N2C(=O)COCC2=O)ccc1Br.O=C1COCC(=O)O1. The largest absolute Gasteiger partial charge is 0.399 e. The maximum Gasteiger partial charge on any atom is 0.339 e. The van der Waals surface area contributed by atoms with Crippen molar-refractivity contribution in [3.63, 3.8) is 0 Å². The van der Waals surface area contributed by atoms with E-state index in [1.807, 2.05) is 58.9 Å². The number of benzene rings is 2. The van der Waals surface area contributed by atoms with Crippen LogP contribution in [0.25, 0.3) is 0 Å². The molecule has 2 amide bonds. The van der Waals surface area contributed by atoms with Gasteiger partial charge in [0.1, 0.15) is 26.4 Å². The smallest absolute Gasteiger partial charge is 0.339 e. The van der Waals surface area contributed by atoms with Crippen molar-refractivity contribution < 1.29 is 38.1 Å². The average molecular weight is 674 g/mol. The lowest BCUT2D eigenvalue weighted by molar-refractivity contribution is -0.174. The number of hydrogen-bond donors (Lipinski definition) is 1. The first kappa shape index (κ1) is 34.4. The van der Waals surface area contributed by atoms with Crippen molar-refractivity contribution in [3.8, 4) is 0 Å². The molecule has 39 heavy (non-hydrogen) atoms. The molecular weight excluding hydrogens is 640 g/mol. The molecule has 2 aromatic carbocycles. The van der Waals surface area contributed by atoms with Crippen LogP contribution in [-0.2, 0) is 38.1 Å². The number of imide groups is 1. The minimum atomic E-state index is -0.610. The van der Waals surface area contributed by atoms with E-state index in [9.17, 15) is 19.2 Å². The molecule has 0 radical (unpaired) electrons. The van der Waals surface area contributed by atoms with Crippen LogP contribution < -0.4 is 10.6 Å². The molecule has 2 fully saturated rings. The number of methoxy groups -OCH3 is 1. The average Bonchev–Trinajstić information content (AvgIpc) is 2.84. The summed E-state index contributed by atoms with van der Waals surface area (Å²) in [5.41, 5.74) is 9.11. The number of halogens is 2. The molecule has 4 rings (SSSR count). The Labute approximate surface area is 245 Å². The zero-order chi connectivity index (χ0) is 29.8. The molecule has 0 aromatic heterocycles. The molecule has 2 aliphatic heterocycles. The fourth-order valence-corrected chi connectivity index (χ4v) is 3.11. The second kappa shape index (κ2) is 16.5. The molecule has 0 unspecified atom stereocenters. The third-order valence-electron chi connectivity index (χ3n) is 4.81. The van der Waals surface area contributed by atoms with Crippen molar-refractivity contribution in [3.05, 3.63) is 56.5 Å². The topological polar surface area (TPSA) is 134 Å². The summed E-state index contributed by atoms with van der Waals surface area (Å²) in [5.74, 6) is -1.86. The molecule has 2 saturated heterocycles. The third-order valence-corrected chi connectivity index (χ3v) is 6.59. The number of rotatable bonds is 1. The first-order valence-electron chi connectivity index (χ1n) is 11.7. The van der Waals surface area contributed by atoms with E-state index < -0.39 is 11.9 Å². The van der Waals surface area contributed by atoms with Crippen LogP contribution in [-0.4, -0.2) is 62.9 Å². The minimum Gasteiger partial charge on any atom is -0.399 e. The van der Waals surface area contributed by atoms with Gasteiger partial charge in [-0.2, -0.15) is 0 Å². The maximum atomic E-state index is 11.6. The fourth-order valence-electron chi connectivity index (χ4n) is 2.62. The molecule has 10 nitrogen and oxygen atoms in total. The van der Waals surface area contributed by atoms with Gasteiger partial charge in [-0.05, 0) is 82.1 Å². The Balaban J connectivity index is 0.000000282. The normalized spacial score (nSPS) is 15.1. The van der Waals surface area contributed by atoms with E-state index in [0.717, 1.165) is 20.2 Å². The number of amides is 2. The molecular formula is C27H34Br2N2O8. The highest BCUT2D eigenvalue weighted by molar-refractivity contribution is 9.10. The van der Waals surface area contributed by atoms with Gasteiger partial charge < -0.3 is 24.7 Å². The van der Waals surface area contributed by atoms with Crippen molar-refractivity contribution in [2.45, 2.75) is 40.2 Å². The third kappa shape index (κ3) is 13.3. The van der Waals surface area contributed by atoms with E-state index >= 15 is 0 Å². The Hall–Kier alpha value is -2.64. The molecule has 0 spiro atoms. The van der Waals surface area contributed by atoms with E-state index in [-0.39, 0.29) is 43.8 Å². The number of ether oxygens (including phenoxy) is 4. The van der Waals surface area contributed by atoms with E-state index in [1.165, 1.54) is 10.5 Å². The van der Waals surface area contributed by atoms with Crippen molar-refractivity contribution in [2.75, 3.05) is 44.2 Å². The quantitative estimate of drug-likeness (QED) is 0.201. The second-order valence-electron chi connectivity index (χ2n) is 9.21. The molecule has 0 aliphatic carbocycles. The summed E-state index contributed by atoms with van der Waals surface area (Å²) in [5, 5.41) is 0. The van der Waals surface area contributed by atoms with Gasteiger partial charge in [0, 0.05) is 21.7 Å².